The maximum atomic E-state index is 13.2. The number of nitrogens with two attached hydrogens (primary N) is 1. The lowest BCUT2D eigenvalue weighted by atomic mass is 9.94. The molecule has 24 heavy (non-hydrogen) atoms. The molecule has 1 aliphatic rings. The topological polar surface area (TPSA) is 59.5 Å². The number of carbonyl (C=O) groups is 1. The highest BCUT2D eigenvalue weighted by Crippen LogP contribution is 2.35. The molecule has 1 unspecified atom stereocenters. The standard InChI is InChI=1S/C20H28N2O2/c1-3-11-22(20(23)17-9-6-8-16(17)13-21)14(2)19-12-15-7-4-5-10-18(15)24-19/h4-5,7,10,12,14,16-17H,3,6,8-9,11,13,21H2,1-2H3/t14?,16-,17-/m1/s1. The average Bonchev–Trinajstić information content (AvgIpc) is 3.24. The maximum Gasteiger partial charge on any atom is 0.226 e. The van der Waals surface area contributed by atoms with Crippen molar-refractivity contribution in [3.8, 4) is 0 Å². The number of hydrogen-bond acceptors (Lipinski definition) is 3. The first-order chi connectivity index (χ1) is 11.7. The van der Waals surface area contributed by atoms with Crippen molar-refractivity contribution < 1.29 is 9.21 Å². The first kappa shape index (κ1) is 17.0. The average molecular weight is 328 g/mol. The Morgan fingerprint density at radius 2 is 2.17 bits per heavy atom. The summed E-state index contributed by atoms with van der Waals surface area (Å²) in [6.07, 6.45) is 4.09. The number of amides is 1. The Morgan fingerprint density at radius 3 is 2.88 bits per heavy atom. The summed E-state index contributed by atoms with van der Waals surface area (Å²) in [5, 5.41) is 1.09. The molecule has 1 aromatic heterocycles. The van der Waals surface area contributed by atoms with Crippen LogP contribution in [0.25, 0.3) is 11.0 Å². The van der Waals surface area contributed by atoms with Gasteiger partial charge in [0.1, 0.15) is 11.3 Å². The minimum Gasteiger partial charge on any atom is -0.459 e. The molecule has 3 atom stereocenters. The quantitative estimate of drug-likeness (QED) is 0.868. The molecule has 1 aliphatic carbocycles. The number of hydrogen-bond donors (Lipinski definition) is 1. The Labute approximate surface area is 144 Å². The lowest BCUT2D eigenvalue weighted by Gasteiger charge is -2.32. The van der Waals surface area contributed by atoms with Crippen LogP contribution in [-0.2, 0) is 4.79 Å². The van der Waals surface area contributed by atoms with E-state index in [2.05, 4.69) is 19.9 Å². The van der Waals surface area contributed by atoms with Gasteiger partial charge in [-0.1, -0.05) is 31.5 Å². The van der Waals surface area contributed by atoms with Gasteiger partial charge in [0.15, 0.2) is 0 Å². The van der Waals surface area contributed by atoms with Gasteiger partial charge in [0.05, 0.1) is 6.04 Å². The fourth-order valence-electron chi connectivity index (χ4n) is 3.95. The summed E-state index contributed by atoms with van der Waals surface area (Å²) in [6, 6.07) is 10.0. The summed E-state index contributed by atoms with van der Waals surface area (Å²) in [7, 11) is 0. The number of rotatable bonds is 6. The molecule has 0 bridgehead atoms. The van der Waals surface area contributed by atoms with Crippen LogP contribution in [0.5, 0.6) is 0 Å². The molecule has 0 spiro atoms. The first-order valence-corrected chi connectivity index (χ1v) is 9.14. The van der Waals surface area contributed by atoms with Crippen molar-refractivity contribution in [2.75, 3.05) is 13.1 Å². The monoisotopic (exact) mass is 328 g/mol. The Kier molecular flexibility index (Phi) is 5.24. The van der Waals surface area contributed by atoms with E-state index in [-0.39, 0.29) is 17.9 Å². The van der Waals surface area contributed by atoms with Gasteiger partial charge in [-0.25, -0.2) is 0 Å². The Hall–Kier alpha value is -1.81. The highest BCUT2D eigenvalue weighted by molar-refractivity contribution is 5.81. The van der Waals surface area contributed by atoms with Gasteiger partial charge in [-0.2, -0.15) is 0 Å². The molecule has 4 nitrogen and oxygen atoms in total. The fraction of sp³-hybridized carbons (Fsp3) is 0.550. The van der Waals surface area contributed by atoms with Crippen molar-refractivity contribution >= 4 is 16.9 Å². The zero-order valence-corrected chi connectivity index (χ0v) is 14.7. The van der Waals surface area contributed by atoms with E-state index in [1.165, 1.54) is 0 Å². The second kappa shape index (κ2) is 7.39. The summed E-state index contributed by atoms with van der Waals surface area (Å²) < 4.78 is 6.00. The molecule has 1 fully saturated rings. The molecule has 3 rings (SSSR count). The molecule has 4 heteroatoms. The molecule has 2 aromatic rings. The number of fused-ring (bicyclic) bond motifs is 1. The van der Waals surface area contributed by atoms with Crippen molar-refractivity contribution in [2.45, 2.75) is 45.6 Å². The van der Waals surface area contributed by atoms with Gasteiger partial charge in [0, 0.05) is 17.8 Å². The zero-order valence-electron chi connectivity index (χ0n) is 14.7. The SMILES string of the molecule is CCCN(C(=O)[C@@H]1CCC[C@@H]1CN)C(C)c1cc2ccccc2o1. The second-order valence-electron chi connectivity index (χ2n) is 6.93. The van der Waals surface area contributed by atoms with Crippen LogP contribution in [0.4, 0.5) is 0 Å². The molecule has 1 aromatic carbocycles. The normalized spacial score (nSPS) is 22.0. The lowest BCUT2D eigenvalue weighted by Crippen LogP contribution is -2.40. The molecule has 1 saturated carbocycles. The fourth-order valence-corrected chi connectivity index (χ4v) is 3.95. The van der Waals surface area contributed by atoms with Crippen LogP contribution in [0.3, 0.4) is 0 Å². The molecular weight excluding hydrogens is 300 g/mol. The maximum absolute atomic E-state index is 13.2. The molecule has 0 radical (unpaired) electrons. The largest absolute Gasteiger partial charge is 0.459 e. The van der Waals surface area contributed by atoms with E-state index >= 15 is 0 Å². The van der Waals surface area contributed by atoms with Gasteiger partial charge in [0.2, 0.25) is 5.91 Å². The highest BCUT2D eigenvalue weighted by atomic mass is 16.3. The summed E-state index contributed by atoms with van der Waals surface area (Å²) in [4.78, 5) is 15.2. The van der Waals surface area contributed by atoms with Crippen LogP contribution in [0.1, 0.15) is 51.3 Å². The molecule has 2 N–H and O–H groups in total. The van der Waals surface area contributed by atoms with Crippen LogP contribution in [0.15, 0.2) is 34.7 Å². The summed E-state index contributed by atoms with van der Waals surface area (Å²) in [5.41, 5.74) is 6.76. The molecule has 1 amide bonds. The summed E-state index contributed by atoms with van der Waals surface area (Å²) in [5.74, 6) is 1.52. The van der Waals surface area contributed by atoms with E-state index in [0.717, 1.165) is 49.0 Å². The number of benzene rings is 1. The highest BCUT2D eigenvalue weighted by Gasteiger charge is 2.36. The van der Waals surface area contributed by atoms with Crippen molar-refractivity contribution in [1.82, 2.24) is 4.90 Å². The van der Waals surface area contributed by atoms with Crippen LogP contribution in [-0.4, -0.2) is 23.9 Å². The Bertz CT molecular complexity index is 661. The van der Waals surface area contributed by atoms with Crippen LogP contribution in [0, 0.1) is 11.8 Å². The third-order valence-corrected chi connectivity index (χ3v) is 5.35. The van der Waals surface area contributed by atoms with Crippen LogP contribution in [0.2, 0.25) is 0 Å². The summed E-state index contributed by atoms with van der Waals surface area (Å²) in [6.45, 7) is 5.54. The second-order valence-corrected chi connectivity index (χ2v) is 6.93. The zero-order chi connectivity index (χ0) is 17.1. The molecule has 1 heterocycles. The van der Waals surface area contributed by atoms with Crippen molar-refractivity contribution in [2.24, 2.45) is 17.6 Å². The lowest BCUT2D eigenvalue weighted by molar-refractivity contribution is -0.139. The minimum atomic E-state index is -0.0520. The number of furan rings is 1. The molecule has 0 saturated heterocycles. The van der Waals surface area contributed by atoms with Gasteiger partial charge >= 0.3 is 0 Å². The van der Waals surface area contributed by atoms with Gasteiger partial charge < -0.3 is 15.1 Å². The third kappa shape index (κ3) is 3.20. The van der Waals surface area contributed by atoms with Crippen LogP contribution < -0.4 is 5.73 Å². The first-order valence-electron chi connectivity index (χ1n) is 9.14. The van der Waals surface area contributed by atoms with E-state index in [1.54, 1.807) is 0 Å². The van der Waals surface area contributed by atoms with E-state index in [1.807, 2.05) is 29.2 Å². The predicted molar refractivity (Wildman–Crippen MR) is 96.5 cm³/mol. The predicted octanol–water partition coefficient (Wildman–Crippen LogP) is 4.11. The molecule has 130 valence electrons. The molecule has 0 aliphatic heterocycles. The van der Waals surface area contributed by atoms with Crippen LogP contribution >= 0.6 is 0 Å². The smallest absolute Gasteiger partial charge is 0.226 e. The number of para-hydroxylation sites is 1. The van der Waals surface area contributed by atoms with Gasteiger partial charge in [0.25, 0.3) is 0 Å². The van der Waals surface area contributed by atoms with Gasteiger partial charge in [-0.3, -0.25) is 4.79 Å². The van der Waals surface area contributed by atoms with E-state index in [4.69, 9.17) is 10.2 Å². The minimum absolute atomic E-state index is 0.0520. The Morgan fingerprint density at radius 1 is 1.38 bits per heavy atom. The van der Waals surface area contributed by atoms with Gasteiger partial charge in [-0.15, -0.1) is 0 Å². The summed E-state index contributed by atoms with van der Waals surface area (Å²) >= 11 is 0. The number of carbonyl (C=O) groups excluding carboxylic acids is 1. The third-order valence-electron chi connectivity index (χ3n) is 5.35. The van der Waals surface area contributed by atoms with Crippen molar-refractivity contribution in [1.29, 1.82) is 0 Å². The van der Waals surface area contributed by atoms with Crippen molar-refractivity contribution in [3.05, 3.63) is 36.1 Å². The molecular formula is C20H28N2O2. The van der Waals surface area contributed by atoms with E-state index in [9.17, 15) is 4.79 Å². The van der Waals surface area contributed by atoms with Gasteiger partial charge in [-0.05, 0) is 50.8 Å². The van der Waals surface area contributed by atoms with E-state index in [0.29, 0.717) is 12.5 Å². The number of nitrogens with zero attached hydrogens (tertiary/aromatic N) is 1. The van der Waals surface area contributed by atoms with Crippen molar-refractivity contribution in [3.63, 3.8) is 0 Å². The Balaban J connectivity index is 1.84. The van der Waals surface area contributed by atoms with E-state index < -0.39 is 0 Å².